The smallest absolute Gasteiger partial charge is 0.119 e. The maximum atomic E-state index is 5.63. The van der Waals surface area contributed by atoms with Crippen molar-refractivity contribution in [1.82, 2.24) is 0 Å². The maximum Gasteiger partial charge on any atom is 0.119 e. The molecule has 1 aromatic carbocycles. The third-order valence-electron chi connectivity index (χ3n) is 3.35. The Kier molecular flexibility index (Phi) is 3.14. The molecule has 1 aliphatic heterocycles. The Hall–Kier alpha value is -1.28. The fourth-order valence-electron chi connectivity index (χ4n) is 2.22. The summed E-state index contributed by atoms with van der Waals surface area (Å²) in [4.78, 5) is 0. The van der Waals surface area contributed by atoms with E-state index in [-0.39, 0.29) is 0 Å². The van der Waals surface area contributed by atoms with Crippen LogP contribution in [0.2, 0.25) is 0 Å². The highest BCUT2D eigenvalue weighted by atomic mass is 16.6. The first-order chi connectivity index (χ1) is 8.42. The van der Waals surface area contributed by atoms with Crippen molar-refractivity contribution in [2.45, 2.75) is 31.8 Å². The third-order valence-corrected chi connectivity index (χ3v) is 3.35. The first-order valence-electron chi connectivity index (χ1n) is 6.46. The summed E-state index contributed by atoms with van der Waals surface area (Å²) in [6.45, 7) is 1.53. The van der Waals surface area contributed by atoms with Crippen molar-refractivity contribution in [2.75, 3.05) is 13.2 Å². The predicted molar refractivity (Wildman–Crippen MR) is 68.1 cm³/mol. The van der Waals surface area contributed by atoms with Crippen LogP contribution in [0.15, 0.2) is 30.3 Å². The van der Waals surface area contributed by atoms with Gasteiger partial charge < -0.3 is 9.47 Å². The normalized spacial score (nSPS) is 23.1. The Morgan fingerprint density at radius 3 is 2.65 bits per heavy atom. The molecule has 1 aliphatic carbocycles. The van der Waals surface area contributed by atoms with E-state index in [9.17, 15) is 0 Å². The highest BCUT2D eigenvalue weighted by Crippen LogP contribution is 2.28. The van der Waals surface area contributed by atoms with Gasteiger partial charge >= 0.3 is 0 Å². The van der Waals surface area contributed by atoms with Crippen LogP contribution < -0.4 is 4.74 Å². The molecule has 0 radical (unpaired) electrons. The molecule has 0 bridgehead atoms. The molecule has 2 aliphatic rings. The maximum absolute atomic E-state index is 5.63. The minimum Gasteiger partial charge on any atom is -0.491 e. The zero-order valence-corrected chi connectivity index (χ0v) is 10.0. The molecular weight excluding hydrogens is 212 g/mol. The number of rotatable bonds is 4. The van der Waals surface area contributed by atoms with E-state index in [0.29, 0.717) is 12.7 Å². The van der Waals surface area contributed by atoms with Crippen molar-refractivity contribution in [3.63, 3.8) is 0 Å². The zero-order valence-electron chi connectivity index (χ0n) is 10.0. The Bertz CT molecular complexity index is 401. The molecule has 1 heterocycles. The number of hydrogen-bond donors (Lipinski definition) is 0. The molecule has 1 atom stereocenters. The van der Waals surface area contributed by atoms with Crippen molar-refractivity contribution < 1.29 is 9.47 Å². The van der Waals surface area contributed by atoms with Gasteiger partial charge in [-0.15, -0.1) is 0 Å². The lowest BCUT2D eigenvalue weighted by molar-refractivity contribution is 0.263. The summed E-state index contributed by atoms with van der Waals surface area (Å²) in [6.07, 6.45) is 7.81. The summed E-state index contributed by atoms with van der Waals surface area (Å²) in [5, 5.41) is 0. The molecule has 1 saturated heterocycles. The quantitative estimate of drug-likeness (QED) is 0.739. The average Bonchev–Trinajstić information content (AvgIpc) is 3.22. The summed E-state index contributed by atoms with van der Waals surface area (Å²) in [6, 6.07) is 8.46. The lowest BCUT2D eigenvalue weighted by Crippen LogP contribution is -2.03. The predicted octanol–water partition coefficient (Wildman–Crippen LogP) is 3.42. The molecular formula is C15H18O2. The molecule has 0 spiro atoms. The van der Waals surface area contributed by atoms with E-state index >= 15 is 0 Å². The Balaban J connectivity index is 1.63. The highest BCUT2D eigenvalue weighted by molar-refractivity contribution is 5.66. The standard InChI is InChI=1S/C15H18O2/c1-2-4-12(5-3-1)13-6-8-14(9-7-13)16-10-15-11-17-15/h4,6-9,15H,1-3,5,10-11H2. The molecule has 2 nitrogen and oxygen atoms in total. The van der Waals surface area contributed by atoms with Gasteiger partial charge in [0.05, 0.1) is 6.61 Å². The van der Waals surface area contributed by atoms with E-state index in [1.807, 2.05) is 0 Å². The minimum atomic E-state index is 0.329. The summed E-state index contributed by atoms with van der Waals surface area (Å²) >= 11 is 0. The van der Waals surface area contributed by atoms with Crippen LogP contribution >= 0.6 is 0 Å². The molecule has 0 N–H and O–H groups in total. The monoisotopic (exact) mass is 230 g/mol. The second-order valence-electron chi connectivity index (χ2n) is 4.77. The van der Waals surface area contributed by atoms with Gasteiger partial charge in [-0.1, -0.05) is 18.2 Å². The lowest BCUT2D eigenvalue weighted by Gasteiger charge is -2.13. The minimum absolute atomic E-state index is 0.329. The molecule has 3 rings (SSSR count). The van der Waals surface area contributed by atoms with E-state index in [2.05, 4.69) is 30.3 Å². The van der Waals surface area contributed by atoms with E-state index in [1.165, 1.54) is 36.8 Å². The van der Waals surface area contributed by atoms with Crippen LogP contribution in [0.4, 0.5) is 0 Å². The van der Waals surface area contributed by atoms with Crippen LogP contribution in [0.25, 0.3) is 5.57 Å². The fourth-order valence-corrected chi connectivity index (χ4v) is 2.22. The second kappa shape index (κ2) is 4.92. The number of epoxide rings is 1. The molecule has 0 aromatic heterocycles. The number of hydrogen-bond acceptors (Lipinski definition) is 2. The van der Waals surface area contributed by atoms with Gasteiger partial charge in [-0.05, 0) is 49.0 Å². The average molecular weight is 230 g/mol. The molecule has 1 aromatic rings. The van der Waals surface area contributed by atoms with Crippen LogP contribution in [-0.4, -0.2) is 19.3 Å². The van der Waals surface area contributed by atoms with Crippen LogP contribution in [-0.2, 0) is 4.74 Å². The van der Waals surface area contributed by atoms with Gasteiger partial charge in [0.2, 0.25) is 0 Å². The summed E-state index contributed by atoms with van der Waals surface area (Å²) < 4.78 is 10.7. The van der Waals surface area contributed by atoms with Gasteiger partial charge in [-0.2, -0.15) is 0 Å². The van der Waals surface area contributed by atoms with Crippen LogP contribution in [0.1, 0.15) is 31.2 Å². The van der Waals surface area contributed by atoms with Crippen molar-refractivity contribution in [3.8, 4) is 5.75 Å². The Labute approximate surface area is 102 Å². The van der Waals surface area contributed by atoms with Crippen molar-refractivity contribution in [1.29, 1.82) is 0 Å². The first kappa shape index (κ1) is 10.8. The van der Waals surface area contributed by atoms with E-state index in [4.69, 9.17) is 9.47 Å². The van der Waals surface area contributed by atoms with Gasteiger partial charge in [-0.25, -0.2) is 0 Å². The molecule has 90 valence electrons. The number of allylic oxidation sites excluding steroid dienone is 2. The third kappa shape index (κ3) is 2.89. The molecule has 2 heteroatoms. The first-order valence-corrected chi connectivity index (χ1v) is 6.46. The molecule has 1 fully saturated rings. The second-order valence-corrected chi connectivity index (χ2v) is 4.77. The van der Waals surface area contributed by atoms with Crippen molar-refractivity contribution in [2.24, 2.45) is 0 Å². The van der Waals surface area contributed by atoms with Gasteiger partial charge in [-0.3, -0.25) is 0 Å². The van der Waals surface area contributed by atoms with Gasteiger partial charge in [0.1, 0.15) is 18.5 Å². The summed E-state index contributed by atoms with van der Waals surface area (Å²) in [5.41, 5.74) is 2.84. The molecule has 17 heavy (non-hydrogen) atoms. The van der Waals surface area contributed by atoms with E-state index < -0.39 is 0 Å². The Morgan fingerprint density at radius 2 is 2.00 bits per heavy atom. The SMILES string of the molecule is C1=C(c2ccc(OCC3CO3)cc2)CCCC1. The number of benzene rings is 1. The van der Waals surface area contributed by atoms with Crippen molar-refractivity contribution >= 4 is 5.57 Å². The number of ether oxygens (including phenoxy) is 2. The highest BCUT2D eigenvalue weighted by Gasteiger charge is 2.22. The lowest BCUT2D eigenvalue weighted by atomic mass is 9.94. The Morgan fingerprint density at radius 1 is 1.18 bits per heavy atom. The van der Waals surface area contributed by atoms with Crippen LogP contribution in [0, 0.1) is 0 Å². The van der Waals surface area contributed by atoms with E-state index in [0.717, 1.165) is 12.4 Å². The van der Waals surface area contributed by atoms with Gasteiger partial charge in [0.15, 0.2) is 0 Å². The summed E-state index contributed by atoms with van der Waals surface area (Å²) in [5.74, 6) is 0.945. The summed E-state index contributed by atoms with van der Waals surface area (Å²) in [7, 11) is 0. The zero-order chi connectivity index (χ0) is 11.5. The van der Waals surface area contributed by atoms with Crippen LogP contribution in [0.5, 0.6) is 5.75 Å². The van der Waals surface area contributed by atoms with E-state index in [1.54, 1.807) is 0 Å². The largest absolute Gasteiger partial charge is 0.491 e. The van der Waals surface area contributed by atoms with Gasteiger partial charge in [0.25, 0.3) is 0 Å². The molecule has 1 unspecified atom stereocenters. The van der Waals surface area contributed by atoms with Crippen LogP contribution in [0.3, 0.4) is 0 Å². The fraction of sp³-hybridized carbons (Fsp3) is 0.467. The van der Waals surface area contributed by atoms with Crippen molar-refractivity contribution in [3.05, 3.63) is 35.9 Å². The molecule has 0 saturated carbocycles. The topological polar surface area (TPSA) is 21.8 Å². The van der Waals surface area contributed by atoms with Gasteiger partial charge in [0, 0.05) is 0 Å². The molecule has 0 amide bonds.